The van der Waals surface area contributed by atoms with Crippen molar-refractivity contribution < 1.29 is 41.8 Å². The fraction of sp³-hybridized carbons (Fsp3) is 0.225. The first-order valence-electron chi connectivity index (χ1n) is 16.3. The third kappa shape index (κ3) is 10.8. The highest BCUT2D eigenvalue weighted by atomic mass is 19.4. The van der Waals surface area contributed by atoms with Crippen molar-refractivity contribution in [2.45, 2.75) is 51.3 Å². The molecule has 0 fully saturated rings. The number of hydrogen-bond acceptors (Lipinski definition) is 5. The van der Waals surface area contributed by atoms with E-state index >= 15 is 0 Å². The van der Waals surface area contributed by atoms with Gasteiger partial charge in [0.05, 0.1) is 12.3 Å². The van der Waals surface area contributed by atoms with E-state index in [1.807, 2.05) is 56.3 Å². The molecule has 5 aromatic rings. The van der Waals surface area contributed by atoms with Crippen molar-refractivity contribution in [2.75, 3.05) is 11.9 Å². The molecule has 8 nitrogen and oxygen atoms in total. The smallest absolute Gasteiger partial charge is 0.481 e. The first-order chi connectivity index (χ1) is 24.4. The lowest BCUT2D eigenvalue weighted by Crippen LogP contribution is -2.27. The normalized spacial score (nSPS) is 12.2. The molecule has 3 N–H and O–H groups in total. The zero-order valence-corrected chi connectivity index (χ0v) is 28.2. The lowest BCUT2D eigenvalue weighted by atomic mass is 9.78. The average Bonchev–Trinajstić information content (AvgIpc) is 3.53. The summed E-state index contributed by atoms with van der Waals surface area (Å²) in [6, 6.07) is 28.7. The number of carbonyl (C=O) groups excluding carboxylic acids is 2. The molecule has 2 atom stereocenters. The summed E-state index contributed by atoms with van der Waals surface area (Å²) in [6.45, 7) is 7.19. The molecule has 2 unspecified atom stereocenters. The second kappa shape index (κ2) is 17.7. The number of para-hydroxylation sites is 1. The minimum Gasteiger partial charge on any atom is -0.481 e. The van der Waals surface area contributed by atoms with Gasteiger partial charge in [0.1, 0.15) is 17.1 Å². The van der Waals surface area contributed by atoms with Crippen LogP contribution in [0.1, 0.15) is 66.4 Å². The first-order valence-corrected chi connectivity index (χ1v) is 16.3. The molecule has 0 radical (unpaired) electrons. The quantitative estimate of drug-likeness (QED) is 0.105. The molecule has 0 saturated heterocycles. The maximum Gasteiger partial charge on any atom is 0.573 e. The Balaban J connectivity index is 0.00000188. The summed E-state index contributed by atoms with van der Waals surface area (Å²) in [5, 5.41) is 15.3. The van der Waals surface area contributed by atoms with Crippen molar-refractivity contribution in [3.63, 3.8) is 0 Å². The van der Waals surface area contributed by atoms with Gasteiger partial charge >= 0.3 is 12.3 Å². The van der Waals surface area contributed by atoms with Gasteiger partial charge in [-0.1, -0.05) is 61.9 Å². The largest absolute Gasteiger partial charge is 0.573 e. The fourth-order valence-electron chi connectivity index (χ4n) is 5.61. The van der Waals surface area contributed by atoms with Crippen LogP contribution in [0.4, 0.5) is 18.9 Å². The van der Waals surface area contributed by atoms with E-state index in [9.17, 15) is 27.6 Å². The summed E-state index contributed by atoms with van der Waals surface area (Å²) in [7, 11) is 0. The molecule has 1 aromatic heterocycles. The number of furan rings is 1. The number of rotatable bonds is 13. The van der Waals surface area contributed by atoms with Crippen LogP contribution in [0.5, 0.6) is 5.75 Å². The number of alkyl halides is 3. The highest BCUT2D eigenvalue weighted by molar-refractivity contribution is 5.97. The van der Waals surface area contributed by atoms with Crippen LogP contribution in [0.15, 0.2) is 120 Å². The SMILES string of the molecule is C=CC.CCCC(c1ccc(C(=O)NCCC(=O)O)cc1)C(C(=O)Nc1ccc(-c2cc3ccccc3o2)cc1)c1ccc(OC(F)(F)F)cc1. The van der Waals surface area contributed by atoms with Crippen LogP contribution in [0.2, 0.25) is 0 Å². The van der Waals surface area contributed by atoms with Crippen molar-refractivity contribution in [3.05, 3.63) is 132 Å². The van der Waals surface area contributed by atoms with E-state index in [4.69, 9.17) is 9.52 Å². The highest BCUT2D eigenvalue weighted by Gasteiger charge is 2.33. The van der Waals surface area contributed by atoms with Crippen LogP contribution < -0.4 is 15.4 Å². The molecule has 0 spiro atoms. The molecule has 0 aliphatic heterocycles. The van der Waals surface area contributed by atoms with Crippen molar-refractivity contribution in [1.82, 2.24) is 5.32 Å². The van der Waals surface area contributed by atoms with E-state index in [1.165, 1.54) is 24.3 Å². The third-order valence-corrected chi connectivity index (χ3v) is 7.85. The number of anilines is 1. The van der Waals surface area contributed by atoms with Crippen LogP contribution in [0, 0.1) is 0 Å². The molecule has 0 aliphatic carbocycles. The molecule has 0 bridgehead atoms. The Kier molecular flexibility index (Phi) is 13.2. The second-order valence-electron chi connectivity index (χ2n) is 11.6. The van der Waals surface area contributed by atoms with Crippen LogP contribution in [-0.2, 0) is 9.59 Å². The van der Waals surface area contributed by atoms with Crippen LogP contribution in [0.25, 0.3) is 22.3 Å². The number of benzene rings is 4. The maximum absolute atomic E-state index is 14.1. The Morgan fingerprint density at radius 3 is 2.14 bits per heavy atom. The molecule has 51 heavy (non-hydrogen) atoms. The van der Waals surface area contributed by atoms with E-state index in [1.54, 1.807) is 42.5 Å². The number of halogens is 3. The van der Waals surface area contributed by atoms with Gasteiger partial charge in [0, 0.05) is 28.7 Å². The minimum absolute atomic E-state index is 0.0239. The van der Waals surface area contributed by atoms with Gasteiger partial charge in [-0.25, -0.2) is 0 Å². The highest BCUT2D eigenvalue weighted by Crippen LogP contribution is 2.39. The van der Waals surface area contributed by atoms with Gasteiger partial charge in [-0.15, -0.1) is 19.8 Å². The standard InChI is InChI=1S/C37H33F3N2O6.C3H6/c1-2-5-30(23-8-10-26(11-9-23)35(45)41-21-20-33(43)44)34(25-14-18-29(19-15-25)48-37(38,39)40)36(46)42-28-16-12-24(13-17-28)32-22-27-6-3-4-7-31(27)47-32;1-3-2/h3-4,6-19,22,30,34H,2,5,20-21H2,1H3,(H,41,45)(H,42,46)(H,43,44);3H,1H2,2H3. The number of carboxylic acids is 1. The zero-order chi connectivity index (χ0) is 37.0. The Morgan fingerprint density at radius 2 is 1.55 bits per heavy atom. The molecular formula is C40H39F3N2O6. The summed E-state index contributed by atoms with van der Waals surface area (Å²) < 4.78 is 48.6. The summed E-state index contributed by atoms with van der Waals surface area (Å²) in [5.74, 6) is -2.80. The molecule has 4 aromatic carbocycles. The molecule has 11 heteroatoms. The van der Waals surface area contributed by atoms with Gasteiger partial charge in [-0.05, 0) is 91.1 Å². The van der Waals surface area contributed by atoms with Gasteiger partial charge in [0.25, 0.3) is 5.91 Å². The molecule has 0 aliphatic rings. The topological polar surface area (TPSA) is 118 Å². The molecular weight excluding hydrogens is 661 g/mol. The van der Waals surface area contributed by atoms with Crippen molar-refractivity contribution in [3.8, 4) is 17.1 Å². The first kappa shape index (κ1) is 38.0. The van der Waals surface area contributed by atoms with Gasteiger partial charge < -0.3 is 24.9 Å². The number of allylic oxidation sites excluding steroid dienone is 1. The predicted molar refractivity (Wildman–Crippen MR) is 191 cm³/mol. The second-order valence-corrected chi connectivity index (χ2v) is 11.6. The van der Waals surface area contributed by atoms with Crippen molar-refractivity contribution in [2.24, 2.45) is 0 Å². The number of amides is 2. The van der Waals surface area contributed by atoms with Crippen molar-refractivity contribution >= 4 is 34.4 Å². The number of carboxylic acid groups (broad SMARTS) is 1. The van der Waals surface area contributed by atoms with E-state index in [0.29, 0.717) is 35.4 Å². The molecule has 2 amide bonds. The number of hydrogen-bond donors (Lipinski definition) is 3. The Labute approximate surface area is 293 Å². The molecule has 266 valence electrons. The van der Waals surface area contributed by atoms with Gasteiger partial charge in [-0.3, -0.25) is 14.4 Å². The van der Waals surface area contributed by atoms with E-state index in [2.05, 4.69) is 21.9 Å². The summed E-state index contributed by atoms with van der Waals surface area (Å²) in [6.07, 6.45) is -2.09. The van der Waals surface area contributed by atoms with Gasteiger partial charge in [-0.2, -0.15) is 0 Å². The number of aliphatic carboxylic acids is 1. The summed E-state index contributed by atoms with van der Waals surface area (Å²) in [5.41, 5.74) is 3.64. The zero-order valence-electron chi connectivity index (χ0n) is 28.2. The third-order valence-electron chi connectivity index (χ3n) is 7.85. The van der Waals surface area contributed by atoms with E-state index < -0.39 is 35.8 Å². The predicted octanol–water partition coefficient (Wildman–Crippen LogP) is 9.70. The Bertz CT molecular complexity index is 1880. The Morgan fingerprint density at radius 1 is 0.922 bits per heavy atom. The van der Waals surface area contributed by atoms with Gasteiger partial charge in [0.15, 0.2) is 0 Å². The monoisotopic (exact) mass is 700 g/mol. The Hall–Kier alpha value is -5.84. The molecule has 1 heterocycles. The number of fused-ring (bicyclic) bond motifs is 1. The van der Waals surface area contributed by atoms with Gasteiger partial charge in [0.2, 0.25) is 5.91 Å². The van der Waals surface area contributed by atoms with Crippen LogP contribution >= 0.6 is 0 Å². The summed E-state index contributed by atoms with van der Waals surface area (Å²) in [4.78, 5) is 37.4. The van der Waals surface area contributed by atoms with E-state index in [0.717, 1.165) is 22.1 Å². The number of carbonyl (C=O) groups is 3. The lowest BCUT2D eigenvalue weighted by Gasteiger charge is -2.28. The number of ether oxygens (including phenoxy) is 1. The minimum atomic E-state index is -4.86. The fourth-order valence-corrected chi connectivity index (χ4v) is 5.61. The lowest BCUT2D eigenvalue weighted by molar-refractivity contribution is -0.274. The average molecular weight is 701 g/mol. The maximum atomic E-state index is 14.1. The van der Waals surface area contributed by atoms with Crippen LogP contribution in [-0.4, -0.2) is 35.8 Å². The van der Waals surface area contributed by atoms with E-state index in [-0.39, 0.29) is 18.9 Å². The molecule has 0 saturated carbocycles. The summed E-state index contributed by atoms with van der Waals surface area (Å²) >= 11 is 0. The molecule has 5 rings (SSSR count). The number of nitrogens with one attached hydrogen (secondary N) is 2. The van der Waals surface area contributed by atoms with Crippen molar-refractivity contribution in [1.29, 1.82) is 0 Å². The van der Waals surface area contributed by atoms with Crippen LogP contribution in [0.3, 0.4) is 0 Å².